The number of hydrogen-bond donors (Lipinski definition) is 1. The summed E-state index contributed by atoms with van der Waals surface area (Å²) in [5.74, 6) is -0.811. The molecule has 28 heavy (non-hydrogen) atoms. The molecule has 0 saturated carbocycles. The summed E-state index contributed by atoms with van der Waals surface area (Å²) in [6, 6.07) is 9.15. The molecule has 1 amide bonds. The number of carbonyl (C=O) groups is 2. The Balaban J connectivity index is 1.90. The third-order valence-corrected chi connectivity index (χ3v) is 5.08. The Kier molecular flexibility index (Phi) is 5.92. The number of pyridine rings is 1. The Morgan fingerprint density at radius 2 is 2.00 bits per heavy atom. The molecule has 1 fully saturated rings. The van der Waals surface area contributed by atoms with Crippen molar-refractivity contribution >= 4 is 17.7 Å². The normalized spacial score (nSPS) is 17.7. The van der Waals surface area contributed by atoms with Crippen LogP contribution in [-0.4, -0.2) is 46.0 Å². The topological polar surface area (TPSA) is 73.7 Å². The van der Waals surface area contributed by atoms with Crippen LogP contribution in [0.4, 0.5) is 10.2 Å². The highest BCUT2D eigenvalue weighted by Gasteiger charge is 2.33. The highest BCUT2D eigenvalue weighted by atomic mass is 19.1. The van der Waals surface area contributed by atoms with Gasteiger partial charge in [-0.05, 0) is 35.7 Å². The molecular formula is C21H24FN3O3. The first-order valence-electron chi connectivity index (χ1n) is 9.34. The quantitative estimate of drug-likeness (QED) is 0.856. The highest BCUT2D eigenvalue weighted by Crippen LogP contribution is 2.25. The highest BCUT2D eigenvalue weighted by molar-refractivity contribution is 5.93. The number of amides is 1. The lowest BCUT2D eigenvalue weighted by Gasteiger charge is -2.35. The summed E-state index contributed by atoms with van der Waals surface area (Å²) in [5, 5.41) is 9.49. The first-order valence-corrected chi connectivity index (χ1v) is 9.34. The van der Waals surface area contributed by atoms with Crippen molar-refractivity contribution in [3.63, 3.8) is 0 Å². The van der Waals surface area contributed by atoms with Gasteiger partial charge in [0.25, 0.3) is 0 Å². The standard InChI is InChI=1S/C21H24FN3O3/c1-14(2)18-13-24(20-17(21(27)28)4-3-10-23-20)11-9-19(26)25(18)12-15-5-7-16(22)8-6-15/h3-8,10,14,18H,9,11-13H2,1-2H3,(H,27,28)/t18-/m0/s1. The number of hydrogen-bond acceptors (Lipinski definition) is 4. The van der Waals surface area contributed by atoms with Gasteiger partial charge in [0.1, 0.15) is 17.2 Å². The first kappa shape index (κ1) is 19.8. The number of aromatic carboxylic acids is 1. The number of carboxylic acid groups (broad SMARTS) is 1. The molecule has 148 valence electrons. The predicted octanol–water partition coefficient (Wildman–Crippen LogP) is 3.18. The van der Waals surface area contributed by atoms with Gasteiger partial charge in [0, 0.05) is 32.3 Å². The molecule has 1 aromatic carbocycles. The second-order valence-electron chi connectivity index (χ2n) is 7.34. The van der Waals surface area contributed by atoms with Crippen LogP contribution in [0.3, 0.4) is 0 Å². The molecular weight excluding hydrogens is 361 g/mol. The van der Waals surface area contributed by atoms with Crippen molar-refractivity contribution in [1.82, 2.24) is 9.88 Å². The van der Waals surface area contributed by atoms with E-state index in [1.165, 1.54) is 18.2 Å². The Morgan fingerprint density at radius 1 is 1.29 bits per heavy atom. The maximum Gasteiger partial charge on any atom is 0.339 e. The number of halogens is 1. The first-order chi connectivity index (χ1) is 13.4. The van der Waals surface area contributed by atoms with E-state index in [0.717, 1.165) is 5.56 Å². The molecule has 3 rings (SSSR count). The zero-order valence-corrected chi connectivity index (χ0v) is 16.0. The van der Waals surface area contributed by atoms with Crippen LogP contribution in [0.2, 0.25) is 0 Å². The second-order valence-corrected chi connectivity index (χ2v) is 7.34. The van der Waals surface area contributed by atoms with Crippen LogP contribution in [0.1, 0.15) is 36.2 Å². The van der Waals surface area contributed by atoms with Gasteiger partial charge < -0.3 is 14.9 Å². The molecule has 1 aliphatic rings. The van der Waals surface area contributed by atoms with Gasteiger partial charge in [-0.1, -0.05) is 26.0 Å². The van der Waals surface area contributed by atoms with Gasteiger partial charge in [-0.2, -0.15) is 0 Å². The van der Waals surface area contributed by atoms with Crippen LogP contribution in [0.15, 0.2) is 42.6 Å². The van der Waals surface area contributed by atoms with Crippen molar-refractivity contribution in [3.05, 3.63) is 59.5 Å². The number of aromatic nitrogens is 1. The average molecular weight is 385 g/mol. The van der Waals surface area contributed by atoms with Crippen molar-refractivity contribution in [1.29, 1.82) is 0 Å². The summed E-state index contributed by atoms with van der Waals surface area (Å²) in [6.45, 7) is 5.36. The van der Waals surface area contributed by atoms with Crippen molar-refractivity contribution in [2.45, 2.75) is 32.9 Å². The van der Waals surface area contributed by atoms with Crippen LogP contribution in [0.5, 0.6) is 0 Å². The number of nitrogens with zero attached hydrogens (tertiary/aromatic N) is 3. The summed E-state index contributed by atoms with van der Waals surface area (Å²) in [6.07, 6.45) is 1.83. The lowest BCUT2D eigenvalue weighted by atomic mass is 10.0. The van der Waals surface area contributed by atoms with Crippen LogP contribution >= 0.6 is 0 Å². The molecule has 0 radical (unpaired) electrons. The Morgan fingerprint density at radius 3 is 2.64 bits per heavy atom. The number of anilines is 1. The summed E-state index contributed by atoms with van der Waals surface area (Å²) in [4.78, 5) is 32.5. The van der Waals surface area contributed by atoms with E-state index in [-0.39, 0.29) is 35.7 Å². The van der Waals surface area contributed by atoms with E-state index in [4.69, 9.17) is 0 Å². The van der Waals surface area contributed by atoms with Crippen molar-refractivity contribution in [2.24, 2.45) is 5.92 Å². The van der Waals surface area contributed by atoms with E-state index in [1.54, 1.807) is 24.4 Å². The van der Waals surface area contributed by atoms with Crippen molar-refractivity contribution in [2.75, 3.05) is 18.0 Å². The Bertz CT molecular complexity index is 854. The molecule has 2 aromatic rings. The molecule has 6 nitrogen and oxygen atoms in total. The number of carboxylic acids is 1. The van der Waals surface area contributed by atoms with Gasteiger partial charge in [0.15, 0.2) is 0 Å². The summed E-state index contributed by atoms with van der Waals surface area (Å²) in [5.41, 5.74) is 0.988. The molecule has 0 spiro atoms. The van der Waals surface area contributed by atoms with E-state index >= 15 is 0 Å². The predicted molar refractivity (Wildman–Crippen MR) is 104 cm³/mol. The lowest BCUT2D eigenvalue weighted by molar-refractivity contribution is -0.134. The summed E-state index contributed by atoms with van der Waals surface area (Å²) < 4.78 is 13.2. The molecule has 1 aromatic heterocycles. The van der Waals surface area contributed by atoms with Crippen LogP contribution in [-0.2, 0) is 11.3 Å². The van der Waals surface area contributed by atoms with E-state index in [0.29, 0.717) is 25.5 Å². The zero-order chi connectivity index (χ0) is 20.3. The molecule has 1 N–H and O–H groups in total. The van der Waals surface area contributed by atoms with Crippen molar-refractivity contribution < 1.29 is 19.1 Å². The van der Waals surface area contributed by atoms with Crippen LogP contribution in [0, 0.1) is 11.7 Å². The van der Waals surface area contributed by atoms with Gasteiger partial charge in [-0.25, -0.2) is 14.2 Å². The zero-order valence-electron chi connectivity index (χ0n) is 16.0. The third-order valence-electron chi connectivity index (χ3n) is 5.08. The van der Waals surface area contributed by atoms with Gasteiger partial charge >= 0.3 is 5.97 Å². The monoisotopic (exact) mass is 385 g/mol. The van der Waals surface area contributed by atoms with Crippen LogP contribution < -0.4 is 4.90 Å². The fourth-order valence-corrected chi connectivity index (χ4v) is 3.55. The van der Waals surface area contributed by atoms with E-state index in [9.17, 15) is 19.1 Å². The largest absolute Gasteiger partial charge is 0.478 e. The molecule has 7 heteroatoms. The second kappa shape index (κ2) is 8.37. The van der Waals surface area contributed by atoms with Gasteiger partial charge in [0.05, 0.1) is 6.04 Å². The molecule has 1 aliphatic heterocycles. The fourth-order valence-electron chi connectivity index (χ4n) is 3.55. The maximum atomic E-state index is 13.2. The van der Waals surface area contributed by atoms with E-state index in [2.05, 4.69) is 4.98 Å². The minimum atomic E-state index is -1.04. The average Bonchev–Trinajstić information content (AvgIpc) is 2.83. The maximum absolute atomic E-state index is 13.2. The van der Waals surface area contributed by atoms with E-state index in [1.807, 2.05) is 23.6 Å². The van der Waals surface area contributed by atoms with Gasteiger partial charge in [-0.15, -0.1) is 0 Å². The summed E-state index contributed by atoms with van der Waals surface area (Å²) >= 11 is 0. The lowest BCUT2D eigenvalue weighted by Crippen LogP contribution is -2.46. The minimum absolute atomic E-state index is 0.00155. The number of benzene rings is 1. The van der Waals surface area contributed by atoms with Crippen LogP contribution in [0.25, 0.3) is 0 Å². The van der Waals surface area contributed by atoms with Gasteiger partial charge in [0.2, 0.25) is 5.91 Å². The Hall–Kier alpha value is -2.96. The third kappa shape index (κ3) is 4.30. The minimum Gasteiger partial charge on any atom is -0.478 e. The number of rotatable bonds is 5. The molecule has 0 aliphatic carbocycles. The fraction of sp³-hybridized carbons (Fsp3) is 0.381. The summed E-state index contributed by atoms with van der Waals surface area (Å²) in [7, 11) is 0. The number of carbonyl (C=O) groups excluding carboxylic acids is 1. The molecule has 0 bridgehead atoms. The smallest absolute Gasteiger partial charge is 0.339 e. The van der Waals surface area contributed by atoms with E-state index < -0.39 is 5.97 Å². The van der Waals surface area contributed by atoms with Gasteiger partial charge in [-0.3, -0.25) is 4.79 Å². The SMILES string of the molecule is CC(C)[C@@H]1CN(c2ncccc2C(=O)O)CCC(=O)N1Cc1ccc(F)cc1. The molecule has 1 saturated heterocycles. The van der Waals surface area contributed by atoms with Crippen molar-refractivity contribution in [3.8, 4) is 0 Å². The molecule has 2 heterocycles. The Labute approximate surface area is 163 Å². The molecule has 1 atom stereocenters. The molecule has 0 unspecified atom stereocenters.